The van der Waals surface area contributed by atoms with Crippen molar-refractivity contribution in [1.29, 1.82) is 0 Å². The van der Waals surface area contributed by atoms with E-state index in [1.165, 1.54) is 0 Å². The Kier molecular flexibility index (Phi) is 5.85. The van der Waals surface area contributed by atoms with E-state index in [-0.39, 0.29) is 0 Å². The van der Waals surface area contributed by atoms with Crippen LogP contribution in [0.2, 0.25) is 0 Å². The van der Waals surface area contributed by atoms with Gasteiger partial charge in [0.05, 0.1) is 5.69 Å². The standard InChI is InChI=1S/C26H26N4O2/c1-20-24(19-29-14-16-30(17-15-29)25-12-5-6-13-27-25)28-26(31-20)21-8-7-11-23(18-21)32-22-9-3-2-4-10-22/h2-13,18H,14-17,19H2,1H3. The Morgan fingerprint density at radius 3 is 2.44 bits per heavy atom. The first kappa shape index (κ1) is 20.3. The minimum absolute atomic E-state index is 0.628. The van der Waals surface area contributed by atoms with Gasteiger partial charge in [-0.05, 0) is 49.4 Å². The third-order valence-corrected chi connectivity index (χ3v) is 5.67. The fraction of sp³-hybridized carbons (Fsp3) is 0.231. The van der Waals surface area contributed by atoms with E-state index in [2.05, 4.69) is 20.9 Å². The van der Waals surface area contributed by atoms with E-state index in [0.717, 1.165) is 67.1 Å². The number of oxazole rings is 1. The molecule has 1 aliphatic heterocycles. The normalized spacial score (nSPS) is 14.5. The molecule has 0 spiro atoms. The Balaban J connectivity index is 1.24. The Hall–Kier alpha value is -3.64. The average molecular weight is 427 g/mol. The van der Waals surface area contributed by atoms with Gasteiger partial charge in [-0.3, -0.25) is 4.90 Å². The van der Waals surface area contributed by atoms with Crippen LogP contribution in [0, 0.1) is 6.92 Å². The lowest BCUT2D eigenvalue weighted by atomic mass is 10.2. The maximum atomic E-state index is 6.02. The third kappa shape index (κ3) is 4.65. The van der Waals surface area contributed by atoms with Crippen LogP contribution in [-0.2, 0) is 6.54 Å². The van der Waals surface area contributed by atoms with Crippen LogP contribution in [0.15, 0.2) is 83.4 Å². The molecular weight excluding hydrogens is 400 g/mol. The molecule has 2 aromatic heterocycles. The number of hydrogen-bond acceptors (Lipinski definition) is 6. The largest absolute Gasteiger partial charge is 0.457 e. The van der Waals surface area contributed by atoms with Crippen molar-refractivity contribution in [3.63, 3.8) is 0 Å². The van der Waals surface area contributed by atoms with Gasteiger partial charge in [-0.1, -0.05) is 30.3 Å². The molecule has 2 aromatic carbocycles. The molecule has 0 N–H and O–H groups in total. The lowest BCUT2D eigenvalue weighted by molar-refractivity contribution is 0.245. The van der Waals surface area contributed by atoms with Crippen molar-refractivity contribution >= 4 is 5.82 Å². The van der Waals surface area contributed by atoms with Gasteiger partial charge in [-0.25, -0.2) is 9.97 Å². The van der Waals surface area contributed by atoms with Crippen molar-refractivity contribution in [3.8, 4) is 23.0 Å². The number of benzene rings is 2. The Morgan fingerprint density at radius 1 is 0.875 bits per heavy atom. The second kappa shape index (κ2) is 9.24. The topological polar surface area (TPSA) is 54.6 Å². The van der Waals surface area contributed by atoms with Crippen LogP contribution >= 0.6 is 0 Å². The highest BCUT2D eigenvalue weighted by Gasteiger charge is 2.21. The van der Waals surface area contributed by atoms with Gasteiger partial charge < -0.3 is 14.1 Å². The van der Waals surface area contributed by atoms with E-state index in [4.69, 9.17) is 14.1 Å². The SMILES string of the molecule is Cc1oc(-c2cccc(Oc3ccccc3)c2)nc1CN1CCN(c2ccccn2)CC1. The molecule has 1 fully saturated rings. The summed E-state index contributed by atoms with van der Waals surface area (Å²) in [6, 6.07) is 23.7. The molecule has 6 nitrogen and oxygen atoms in total. The zero-order valence-electron chi connectivity index (χ0n) is 18.1. The number of aromatic nitrogens is 2. The number of ether oxygens (including phenoxy) is 1. The van der Waals surface area contributed by atoms with Gasteiger partial charge in [0.1, 0.15) is 23.1 Å². The van der Waals surface area contributed by atoms with Gasteiger partial charge >= 0.3 is 0 Å². The number of hydrogen-bond donors (Lipinski definition) is 0. The summed E-state index contributed by atoms with van der Waals surface area (Å²) < 4.78 is 12.0. The van der Waals surface area contributed by atoms with Gasteiger partial charge in [-0.15, -0.1) is 0 Å². The summed E-state index contributed by atoms with van der Waals surface area (Å²) in [5.74, 6) is 4.10. The van der Waals surface area contributed by atoms with Crippen LogP contribution in [0.1, 0.15) is 11.5 Å². The summed E-state index contributed by atoms with van der Waals surface area (Å²) in [6.07, 6.45) is 1.85. The van der Waals surface area contributed by atoms with Crippen LogP contribution in [0.5, 0.6) is 11.5 Å². The maximum Gasteiger partial charge on any atom is 0.226 e. The Bertz CT molecular complexity index is 1150. The Labute approximate surface area is 188 Å². The first-order valence-corrected chi connectivity index (χ1v) is 10.9. The number of anilines is 1. The molecule has 0 radical (unpaired) electrons. The van der Waals surface area contributed by atoms with E-state index in [1.54, 1.807) is 0 Å². The molecule has 6 heteroatoms. The van der Waals surface area contributed by atoms with E-state index >= 15 is 0 Å². The summed E-state index contributed by atoms with van der Waals surface area (Å²) in [6.45, 7) is 6.63. The van der Waals surface area contributed by atoms with Crippen LogP contribution in [0.25, 0.3) is 11.5 Å². The van der Waals surface area contributed by atoms with Crippen LogP contribution in [0.3, 0.4) is 0 Å². The summed E-state index contributed by atoms with van der Waals surface area (Å²) >= 11 is 0. The molecule has 0 atom stereocenters. The molecule has 1 aliphatic rings. The van der Waals surface area contributed by atoms with Gasteiger partial charge in [0, 0.05) is 44.5 Å². The van der Waals surface area contributed by atoms with Crippen molar-refractivity contribution in [2.75, 3.05) is 31.1 Å². The first-order valence-electron chi connectivity index (χ1n) is 10.9. The predicted octanol–water partition coefficient (Wildman–Crippen LogP) is 5.16. The predicted molar refractivity (Wildman–Crippen MR) is 125 cm³/mol. The Morgan fingerprint density at radius 2 is 1.66 bits per heavy atom. The van der Waals surface area contributed by atoms with Gasteiger partial charge in [0.2, 0.25) is 5.89 Å². The van der Waals surface area contributed by atoms with Gasteiger partial charge in [-0.2, -0.15) is 0 Å². The minimum atomic E-state index is 0.628. The van der Waals surface area contributed by atoms with Crippen molar-refractivity contribution in [2.45, 2.75) is 13.5 Å². The van der Waals surface area contributed by atoms with Crippen LogP contribution < -0.4 is 9.64 Å². The highest BCUT2D eigenvalue weighted by Crippen LogP contribution is 2.28. The molecule has 4 aromatic rings. The van der Waals surface area contributed by atoms with Crippen LogP contribution in [0.4, 0.5) is 5.82 Å². The average Bonchev–Trinajstić information content (AvgIpc) is 3.21. The van der Waals surface area contributed by atoms with Gasteiger partial charge in [0.15, 0.2) is 0 Å². The number of rotatable bonds is 6. The van der Waals surface area contributed by atoms with E-state index in [9.17, 15) is 0 Å². The monoisotopic (exact) mass is 426 g/mol. The van der Waals surface area contributed by atoms with Crippen molar-refractivity contribution < 1.29 is 9.15 Å². The molecule has 162 valence electrons. The fourth-order valence-corrected chi connectivity index (χ4v) is 3.90. The molecule has 5 rings (SSSR count). The summed E-state index contributed by atoms with van der Waals surface area (Å²) in [5.41, 5.74) is 1.90. The smallest absolute Gasteiger partial charge is 0.226 e. The number of piperazine rings is 1. The third-order valence-electron chi connectivity index (χ3n) is 5.67. The first-order chi connectivity index (χ1) is 15.7. The van der Waals surface area contributed by atoms with E-state index in [0.29, 0.717) is 5.89 Å². The maximum absolute atomic E-state index is 6.02. The second-order valence-electron chi connectivity index (χ2n) is 7.92. The number of pyridine rings is 1. The van der Waals surface area contributed by atoms with E-state index in [1.807, 2.05) is 79.9 Å². The highest BCUT2D eigenvalue weighted by molar-refractivity contribution is 5.57. The molecule has 3 heterocycles. The van der Waals surface area contributed by atoms with Crippen molar-refractivity contribution in [1.82, 2.24) is 14.9 Å². The van der Waals surface area contributed by atoms with Crippen LogP contribution in [-0.4, -0.2) is 41.0 Å². The summed E-state index contributed by atoms with van der Waals surface area (Å²) in [7, 11) is 0. The quantitative estimate of drug-likeness (QED) is 0.425. The highest BCUT2D eigenvalue weighted by atomic mass is 16.5. The molecule has 0 amide bonds. The molecule has 0 aliphatic carbocycles. The second-order valence-corrected chi connectivity index (χ2v) is 7.92. The summed E-state index contributed by atoms with van der Waals surface area (Å²) in [4.78, 5) is 14.0. The molecule has 32 heavy (non-hydrogen) atoms. The molecule has 1 saturated heterocycles. The lowest BCUT2D eigenvalue weighted by Gasteiger charge is -2.35. The fourth-order valence-electron chi connectivity index (χ4n) is 3.90. The van der Waals surface area contributed by atoms with Crippen molar-refractivity contribution in [3.05, 3.63) is 90.4 Å². The zero-order chi connectivity index (χ0) is 21.8. The van der Waals surface area contributed by atoms with E-state index < -0.39 is 0 Å². The molecule has 0 saturated carbocycles. The molecule has 0 unspecified atom stereocenters. The lowest BCUT2D eigenvalue weighted by Crippen LogP contribution is -2.46. The molecule has 0 bridgehead atoms. The molecular formula is C26H26N4O2. The van der Waals surface area contributed by atoms with Gasteiger partial charge in [0.25, 0.3) is 0 Å². The number of aryl methyl sites for hydroxylation is 1. The number of para-hydroxylation sites is 1. The number of nitrogens with zero attached hydrogens (tertiary/aromatic N) is 4. The zero-order valence-corrected chi connectivity index (χ0v) is 18.1. The summed E-state index contributed by atoms with van der Waals surface area (Å²) in [5, 5.41) is 0. The minimum Gasteiger partial charge on any atom is -0.457 e. The van der Waals surface area contributed by atoms with Crippen molar-refractivity contribution in [2.24, 2.45) is 0 Å².